The highest BCUT2D eigenvalue weighted by Crippen LogP contribution is 2.29. The van der Waals surface area contributed by atoms with E-state index in [0.717, 1.165) is 26.9 Å². The first-order chi connectivity index (χ1) is 10.0. The Kier molecular flexibility index (Phi) is 5.24. The van der Waals surface area contributed by atoms with E-state index in [9.17, 15) is 0 Å². The molecule has 0 radical (unpaired) electrons. The summed E-state index contributed by atoms with van der Waals surface area (Å²) in [4.78, 5) is 0. The molecule has 2 aromatic carbocycles. The third-order valence-electron chi connectivity index (χ3n) is 3.09. The van der Waals surface area contributed by atoms with E-state index in [-0.39, 0.29) is 0 Å². The fraction of sp³-hybridized carbons (Fsp3) is 0.188. The van der Waals surface area contributed by atoms with Gasteiger partial charge in [-0.2, -0.15) is 5.26 Å². The minimum Gasteiger partial charge on any atom is -0.488 e. The van der Waals surface area contributed by atoms with Gasteiger partial charge in [0, 0.05) is 27.2 Å². The molecule has 0 bridgehead atoms. The molecule has 5 heteroatoms. The molecule has 0 atom stereocenters. The van der Waals surface area contributed by atoms with E-state index < -0.39 is 0 Å². The summed E-state index contributed by atoms with van der Waals surface area (Å²) in [5, 5.41) is 9.36. The predicted octanol–water partition coefficient (Wildman–Crippen LogP) is 4.32. The van der Waals surface area contributed by atoms with Crippen molar-refractivity contribution in [2.24, 2.45) is 5.73 Å². The molecule has 2 N–H and O–H groups in total. The van der Waals surface area contributed by atoms with Gasteiger partial charge in [-0.05, 0) is 36.8 Å². The number of ether oxygens (including phenoxy) is 1. The summed E-state index contributed by atoms with van der Waals surface area (Å²) in [6, 6.07) is 11.1. The highest BCUT2D eigenvalue weighted by Gasteiger charge is 2.10. The quantitative estimate of drug-likeness (QED) is 0.877. The summed E-state index contributed by atoms with van der Waals surface area (Å²) < 4.78 is 6.86. The van der Waals surface area contributed by atoms with E-state index in [1.807, 2.05) is 19.1 Å². The zero-order valence-electron chi connectivity index (χ0n) is 11.5. The second kappa shape index (κ2) is 6.95. The third kappa shape index (κ3) is 3.76. The zero-order chi connectivity index (χ0) is 15.4. The molecule has 2 aromatic rings. The van der Waals surface area contributed by atoms with Crippen molar-refractivity contribution in [1.29, 1.82) is 5.26 Å². The average molecular weight is 366 g/mol. The first-order valence-electron chi connectivity index (χ1n) is 6.35. The van der Waals surface area contributed by atoms with E-state index in [2.05, 4.69) is 22.0 Å². The van der Waals surface area contributed by atoms with E-state index in [1.165, 1.54) is 0 Å². The summed E-state index contributed by atoms with van der Waals surface area (Å²) in [5.74, 6) is 0.779. The number of nitrogens with zero attached hydrogens (tertiary/aromatic N) is 1. The monoisotopic (exact) mass is 364 g/mol. The number of hydrogen-bond donors (Lipinski definition) is 1. The maximum absolute atomic E-state index is 8.83. The van der Waals surface area contributed by atoms with Crippen LogP contribution in [0.4, 0.5) is 0 Å². The highest BCUT2D eigenvalue weighted by molar-refractivity contribution is 9.10. The van der Waals surface area contributed by atoms with E-state index >= 15 is 0 Å². The molecule has 0 amide bonds. The first kappa shape index (κ1) is 15.8. The number of hydrogen-bond acceptors (Lipinski definition) is 3. The first-order valence-corrected chi connectivity index (χ1v) is 7.52. The molecule has 0 aromatic heterocycles. The van der Waals surface area contributed by atoms with E-state index in [4.69, 9.17) is 27.3 Å². The van der Waals surface area contributed by atoms with Gasteiger partial charge in [0.15, 0.2) is 0 Å². The molecule has 0 fully saturated rings. The van der Waals surface area contributed by atoms with Crippen LogP contribution < -0.4 is 10.5 Å². The van der Waals surface area contributed by atoms with Gasteiger partial charge in [0.05, 0.1) is 11.6 Å². The maximum Gasteiger partial charge on any atom is 0.127 e. The van der Waals surface area contributed by atoms with Crippen molar-refractivity contribution < 1.29 is 4.74 Å². The summed E-state index contributed by atoms with van der Waals surface area (Å²) in [7, 11) is 0. The number of benzene rings is 2. The lowest BCUT2D eigenvalue weighted by Gasteiger charge is -2.14. The molecule has 3 nitrogen and oxygen atoms in total. The van der Waals surface area contributed by atoms with Crippen LogP contribution in [0.1, 0.15) is 22.3 Å². The lowest BCUT2D eigenvalue weighted by molar-refractivity contribution is 0.301. The standard InChI is InChI=1S/C16H14BrClN2O/c1-10-4-14(17)6-13(8-20)16(10)21-9-12-3-2-11(7-19)5-15(12)18/h2-6H,8-9,20H2,1H3. The van der Waals surface area contributed by atoms with Crippen LogP contribution in [-0.2, 0) is 13.2 Å². The Bertz CT molecular complexity index is 710. The van der Waals surface area contributed by atoms with Gasteiger partial charge in [0.2, 0.25) is 0 Å². The molecule has 0 aliphatic rings. The van der Waals surface area contributed by atoms with Crippen molar-refractivity contribution in [3.63, 3.8) is 0 Å². The van der Waals surface area contributed by atoms with Gasteiger partial charge in [-0.15, -0.1) is 0 Å². The molecule has 0 saturated heterocycles. The second-order valence-corrected chi connectivity index (χ2v) is 5.94. The van der Waals surface area contributed by atoms with Crippen molar-refractivity contribution in [2.75, 3.05) is 0 Å². The maximum atomic E-state index is 8.83. The van der Waals surface area contributed by atoms with Gasteiger partial charge in [0.1, 0.15) is 12.4 Å². The molecule has 0 spiro atoms. The topological polar surface area (TPSA) is 59.0 Å². The lowest BCUT2D eigenvalue weighted by atomic mass is 10.1. The Morgan fingerprint density at radius 3 is 2.67 bits per heavy atom. The highest BCUT2D eigenvalue weighted by atomic mass is 79.9. The molecule has 21 heavy (non-hydrogen) atoms. The SMILES string of the molecule is Cc1cc(Br)cc(CN)c1OCc1ccc(C#N)cc1Cl. The average Bonchev–Trinajstić information content (AvgIpc) is 2.46. The van der Waals surface area contributed by atoms with E-state index in [1.54, 1.807) is 18.2 Å². The molecule has 108 valence electrons. The van der Waals surface area contributed by atoms with Gasteiger partial charge in [-0.3, -0.25) is 0 Å². The normalized spacial score (nSPS) is 10.2. The number of aryl methyl sites for hydroxylation is 1. The molecule has 0 heterocycles. The summed E-state index contributed by atoms with van der Waals surface area (Å²) in [6.45, 7) is 2.70. The van der Waals surface area contributed by atoms with Crippen molar-refractivity contribution in [3.05, 3.63) is 62.1 Å². The van der Waals surface area contributed by atoms with Crippen LogP contribution in [0.5, 0.6) is 5.75 Å². The Morgan fingerprint density at radius 1 is 1.29 bits per heavy atom. The lowest BCUT2D eigenvalue weighted by Crippen LogP contribution is -2.05. The zero-order valence-corrected chi connectivity index (χ0v) is 13.8. The molecule has 0 saturated carbocycles. The van der Waals surface area contributed by atoms with Crippen molar-refractivity contribution in [2.45, 2.75) is 20.1 Å². The number of halogens is 2. The Balaban J connectivity index is 2.23. The van der Waals surface area contributed by atoms with Crippen molar-refractivity contribution in [1.82, 2.24) is 0 Å². The Hall–Kier alpha value is -1.54. The van der Waals surface area contributed by atoms with Gasteiger partial charge >= 0.3 is 0 Å². The Labute approximate surface area is 137 Å². The van der Waals surface area contributed by atoms with Crippen LogP contribution in [0.3, 0.4) is 0 Å². The van der Waals surface area contributed by atoms with Gasteiger partial charge < -0.3 is 10.5 Å². The minimum absolute atomic E-state index is 0.333. The molecule has 0 unspecified atom stereocenters. The fourth-order valence-electron chi connectivity index (χ4n) is 2.04. The van der Waals surface area contributed by atoms with Crippen molar-refractivity contribution in [3.8, 4) is 11.8 Å². The minimum atomic E-state index is 0.333. The van der Waals surface area contributed by atoms with Crippen LogP contribution in [0.15, 0.2) is 34.8 Å². The number of nitrogens with two attached hydrogens (primary N) is 1. The van der Waals surface area contributed by atoms with Crippen LogP contribution in [0.25, 0.3) is 0 Å². The molecule has 0 aliphatic heterocycles. The van der Waals surface area contributed by atoms with Crippen LogP contribution in [-0.4, -0.2) is 0 Å². The Morgan fingerprint density at radius 2 is 2.05 bits per heavy atom. The van der Waals surface area contributed by atoms with Gasteiger partial charge in [-0.25, -0.2) is 0 Å². The molecule has 0 aliphatic carbocycles. The summed E-state index contributed by atoms with van der Waals surface area (Å²) in [6.07, 6.45) is 0. The molecular weight excluding hydrogens is 352 g/mol. The van der Waals surface area contributed by atoms with Crippen LogP contribution >= 0.6 is 27.5 Å². The van der Waals surface area contributed by atoms with Crippen molar-refractivity contribution >= 4 is 27.5 Å². The number of nitriles is 1. The van der Waals surface area contributed by atoms with Gasteiger partial charge in [0.25, 0.3) is 0 Å². The number of rotatable bonds is 4. The third-order valence-corrected chi connectivity index (χ3v) is 3.90. The fourth-order valence-corrected chi connectivity index (χ4v) is 2.90. The van der Waals surface area contributed by atoms with Crippen LogP contribution in [0.2, 0.25) is 5.02 Å². The second-order valence-electron chi connectivity index (χ2n) is 4.62. The van der Waals surface area contributed by atoms with Gasteiger partial charge in [-0.1, -0.05) is 33.6 Å². The molecule has 2 rings (SSSR count). The smallest absolute Gasteiger partial charge is 0.127 e. The summed E-state index contributed by atoms with van der Waals surface area (Å²) in [5.41, 5.74) is 9.08. The van der Waals surface area contributed by atoms with E-state index in [0.29, 0.717) is 23.7 Å². The largest absolute Gasteiger partial charge is 0.488 e. The van der Waals surface area contributed by atoms with Crippen LogP contribution in [0, 0.1) is 18.3 Å². The predicted molar refractivity (Wildman–Crippen MR) is 87.3 cm³/mol. The summed E-state index contributed by atoms with van der Waals surface area (Å²) >= 11 is 9.60. The molecular formula is C16H14BrClN2O.